The topological polar surface area (TPSA) is 120 Å². The van der Waals surface area contributed by atoms with E-state index in [-0.39, 0.29) is 23.5 Å². The molecule has 1 fully saturated rings. The molecule has 0 aliphatic carbocycles. The molecule has 2 aliphatic rings. The van der Waals surface area contributed by atoms with Gasteiger partial charge in [0.2, 0.25) is 10.0 Å². The molecule has 11 heteroatoms. The average Bonchev–Trinajstić information content (AvgIpc) is 2.84. The van der Waals surface area contributed by atoms with E-state index in [0.29, 0.717) is 49.2 Å². The Labute approximate surface area is 197 Å². The maximum Gasteiger partial charge on any atom is 0.338 e. The van der Waals surface area contributed by atoms with Gasteiger partial charge in [0, 0.05) is 24.8 Å². The van der Waals surface area contributed by atoms with Crippen LogP contribution >= 0.6 is 0 Å². The number of morpholine rings is 1. The summed E-state index contributed by atoms with van der Waals surface area (Å²) < 4.78 is 48.9. The predicted molar refractivity (Wildman–Crippen MR) is 122 cm³/mol. The summed E-state index contributed by atoms with van der Waals surface area (Å²) in [5.74, 6) is -0.241. The van der Waals surface area contributed by atoms with Gasteiger partial charge in [0.15, 0.2) is 17.6 Å². The number of nitrogens with one attached hydrogen (secondary N) is 1. The standard InChI is InChI=1S/C23H26N2O8S/c1-15-3-4-17(13-21(15)34(28,29)25-7-9-30-10-8-25)23(27)33-16(2)22(26)24-18-5-6-19-20(14-18)32-12-11-31-19/h3-6,13-14,16H,7-12H2,1-2H3,(H,24,26). The second kappa shape index (κ2) is 10.00. The highest BCUT2D eigenvalue weighted by Crippen LogP contribution is 2.32. The summed E-state index contributed by atoms with van der Waals surface area (Å²) in [5, 5.41) is 2.67. The highest BCUT2D eigenvalue weighted by Gasteiger charge is 2.29. The van der Waals surface area contributed by atoms with E-state index in [4.69, 9.17) is 18.9 Å². The Kier molecular flexibility index (Phi) is 7.05. The molecular weight excluding hydrogens is 464 g/mol. The molecule has 34 heavy (non-hydrogen) atoms. The number of sulfonamides is 1. The maximum absolute atomic E-state index is 13.1. The van der Waals surface area contributed by atoms with E-state index in [1.807, 2.05) is 0 Å². The highest BCUT2D eigenvalue weighted by atomic mass is 32.2. The van der Waals surface area contributed by atoms with Gasteiger partial charge in [-0.3, -0.25) is 4.79 Å². The molecule has 1 N–H and O–H groups in total. The third-order valence-electron chi connectivity index (χ3n) is 5.47. The van der Waals surface area contributed by atoms with Crippen molar-refractivity contribution in [3.63, 3.8) is 0 Å². The van der Waals surface area contributed by atoms with Crippen molar-refractivity contribution in [3.8, 4) is 11.5 Å². The van der Waals surface area contributed by atoms with Crippen LogP contribution in [0.15, 0.2) is 41.3 Å². The maximum atomic E-state index is 13.1. The quantitative estimate of drug-likeness (QED) is 0.611. The van der Waals surface area contributed by atoms with Crippen LogP contribution < -0.4 is 14.8 Å². The minimum absolute atomic E-state index is 0.0252. The Morgan fingerprint density at radius 1 is 1.00 bits per heavy atom. The smallest absolute Gasteiger partial charge is 0.338 e. The fourth-order valence-corrected chi connectivity index (χ4v) is 5.24. The van der Waals surface area contributed by atoms with Crippen molar-refractivity contribution in [3.05, 3.63) is 47.5 Å². The van der Waals surface area contributed by atoms with Crippen molar-refractivity contribution in [1.82, 2.24) is 4.31 Å². The molecule has 0 radical (unpaired) electrons. The zero-order valence-corrected chi connectivity index (χ0v) is 19.7. The molecule has 2 aromatic carbocycles. The minimum atomic E-state index is -3.80. The normalized spacial score (nSPS) is 17.0. The molecule has 10 nitrogen and oxygen atoms in total. The third kappa shape index (κ3) is 5.16. The molecule has 1 unspecified atom stereocenters. The summed E-state index contributed by atoms with van der Waals surface area (Å²) >= 11 is 0. The lowest BCUT2D eigenvalue weighted by Crippen LogP contribution is -2.40. The van der Waals surface area contributed by atoms with Crippen LogP contribution in [0.3, 0.4) is 0 Å². The van der Waals surface area contributed by atoms with E-state index in [1.54, 1.807) is 31.2 Å². The summed E-state index contributed by atoms with van der Waals surface area (Å²) in [4.78, 5) is 25.3. The molecule has 1 atom stereocenters. The van der Waals surface area contributed by atoms with Crippen molar-refractivity contribution < 1.29 is 37.0 Å². The molecule has 182 valence electrons. The largest absolute Gasteiger partial charge is 0.486 e. The predicted octanol–water partition coefficient (Wildman–Crippen LogP) is 1.97. The van der Waals surface area contributed by atoms with Gasteiger partial charge < -0.3 is 24.3 Å². The lowest BCUT2D eigenvalue weighted by atomic mass is 10.1. The van der Waals surface area contributed by atoms with Crippen molar-refractivity contribution >= 4 is 27.6 Å². The van der Waals surface area contributed by atoms with Crippen molar-refractivity contribution in [2.45, 2.75) is 24.8 Å². The number of hydrogen-bond donors (Lipinski definition) is 1. The molecule has 0 aromatic heterocycles. The van der Waals surface area contributed by atoms with E-state index in [0.717, 1.165) is 0 Å². The number of nitrogens with zero attached hydrogens (tertiary/aromatic N) is 1. The van der Waals surface area contributed by atoms with Crippen LogP contribution in [0.25, 0.3) is 0 Å². The molecule has 0 spiro atoms. The second-order valence-corrected chi connectivity index (χ2v) is 9.80. The first-order chi connectivity index (χ1) is 16.3. The van der Waals surface area contributed by atoms with Gasteiger partial charge >= 0.3 is 5.97 Å². The number of ether oxygens (including phenoxy) is 4. The number of esters is 1. The number of hydrogen-bond acceptors (Lipinski definition) is 8. The molecular formula is C23H26N2O8S. The van der Waals surface area contributed by atoms with Crippen molar-refractivity contribution in [2.24, 2.45) is 0 Å². The van der Waals surface area contributed by atoms with E-state index >= 15 is 0 Å². The Hall–Kier alpha value is -3.15. The molecule has 0 saturated carbocycles. The number of amides is 1. The Bertz CT molecular complexity index is 1190. The van der Waals surface area contributed by atoms with E-state index in [2.05, 4.69) is 5.32 Å². The number of aryl methyl sites for hydroxylation is 1. The van der Waals surface area contributed by atoms with Gasteiger partial charge in [-0.2, -0.15) is 4.31 Å². The minimum Gasteiger partial charge on any atom is -0.486 e. The molecule has 2 heterocycles. The van der Waals surface area contributed by atoms with Crippen molar-refractivity contribution in [1.29, 1.82) is 0 Å². The Balaban J connectivity index is 1.44. The SMILES string of the molecule is Cc1ccc(C(=O)OC(C)C(=O)Nc2ccc3c(c2)OCCO3)cc1S(=O)(=O)N1CCOCC1. The molecule has 0 bridgehead atoms. The average molecular weight is 491 g/mol. The lowest BCUT2D eigenvalue weighted by molar-refractivity contribution is -0.123. The molecule has 1 amide bonds. The number of anilines is 1. The van der Waals surface area contributed by atoms with Gasteiger partial charge in [0.25, 0.3) is 5.91 Å². The lowest BCUT2D eigenvalue weighted by Gasteiger charge is -2.26. The van der Waals surface area contributed by atoms with E-state index in [9.17, 15) is 18.0 Å². The van der Waals surface area contributed by atoms with Gasteiger partial charge in [0.1, 0.15) is 13.2 Å². The highest BCUT2D eigenvalue weighted by molar-refractivity contribution is 7.89. The molecule has 2 aliphatic heterocycles. The summed E-state index contributed by atoms with van der Waals surface area (Å²) in [7, 11) is -3.80. The molecule has 1 saturated heterocycles. The van der Waals surface area contributed by atoms with Crippen LogP contribution in [0.4, 0.5) is 5.69 Å². The van der Waals surface area contributed by atoms with Gasteiger partial charge in [-0.15, -0.1) is 0 Å². The third-order valence-corrected chi connectivity index (χ3v) is 7.52. The molecule has 4 rings (SSSR count). The number of rotatable bonds is 6. The van der Waals surface area contributed by atoms with Crippen LogP contribution in [0.2, 0.25) is 0 Å². The summed E-state index contributed by atoms with van der Waals surface area (Å²) in [6, 6.07) is 9.27. The summed E-state index contributed by atoms with van der Waals surface area (Å²) in [5.41, 5.74) is 1.01. The monoisotopic (exact) mass is 490 g/mol. The van der Waals surface area contributed by atoms with Gasteiger partial charge in [-0.05, 0) is 43.7 Å². The van der Waals surface area contributed by atoms with Crippen LogP contribution in [-0.2, 0) is 24.3 Å². The first-order valence-electron chi connectivity index (χ1n) is 10.9. The van der Waals surface area contributed by atoms with Crippen molar-refractivity contribution in [2.75, 3.05) is 44.8 Å². The Morgan fingerprint density at radius 2 is 1.71 bits per heavy atom. The number of carbonyl (C=O) groups excluding carboxylic acids is 2. The van der Waals surface area contributed by atoms with Crippen LogP contribution in [0, 0.1) is 6.92 Å². The second-order valence-electron chi connectivity index (χ2n) is 7.89. The summed E-state index contributed by atoms with van der Waals surface area (Å²) in [6.07, 6.45) is -1.12. The number of benzene rings is 2. The summed E-state index contributed by atoms with van der Waals surface area (Å²) in [6.45, 7) is 5.09. The fraction of sp³-hybridized carbons (Fsp3) is 0.391. The molecule has 2 aromatic rings. The first kappa shape index (κ1) is 24.0. The van der Waals surface area contributed by atoms with Gasteiger partial charge in [-0.25, -0.2) is 13.2 Å². The van der Waals surface area contributed by atoms with Crippen LogP contribution in [0.5, 0.6) is 11.5 Å². The van der Waals surface area contributed by atoms with Crippen LogP contribution in [0.1, 0.15) is 22.8 Å². The zero-order valence-electron chi connectivity index (χ0n) is 18.9. The fourth-order valence-electron chi connectivity index (χ4n) is 3.58. The van der Waals surface area contributed by atoms with Crippen LogP contribution in [-0.4, -0.2) is 70.2 Å². The zero-order chi connectivity index (χ0) is 24.3. The first-order valence-corrected chi connectivity index (χ1v) is 12.3. The van der Waals surface area contributed by atoms with E-state index < -0.39 is 28.0 Å². The van der Waals surface area contributed by atoms with Gasteiger partial charge in [-0.1, -0.05) is 6.07 Å². The van der Waals surface area contributed by atoms with E-state index in [1.165, 1.54) is 23.4 Å². The Morgan fingerprint density at radius 3 is 2.44 bits per heavy atom. The number of fused-ring (bicyclic) bond motifs is 1. The number of carbonyl (C=O) groups is 2. The van der Waals surface area contributed by atoms with Gasteiger partial charge in [0.05, 0.1) is 23.7 Å².